The van der Waals surface area contributed by atoms with Crippen molar-refractivity contribution in [3.8, 4) is 22.9 Å². The molecular weight excluding hydrogens is 476 g/mol. The van der Waals surface area contributed by atoms with Gasteiger partial charge in [-0.15, -0.1) is 0 Å². The second-order valence-corrected chi connectivity index (χ2v) is 10.00. The molecule has 0 aliphatic carbocycles. The van der Waals surface area contributed by atoms with Crippen molar-refractivity contribution in [1.29, 1.82) is 0 Å². The van der Waals surface area contributed by atoms with Gasteiger partial charge in [-0.25, -0.2) is 4.98 Å². The largest absolute Gasteiger partial charge is 0.496 e. The number of aromatic nitrogens is 2. The van der Waals surface area contributed by atoms with Crippen LogP contribution in [0.4, 0.5) is 5.69 Å². The first kappa shape index (κ1) is 25.5. The Labute approximate surface area is 223 Å². The lowest BCUT2D eigenvalue weighted by molar-refractivity contribution is 0.407. The molecule has 1 fully saturated rings. The number of benzene rings is 3. The zero-order valence-electron chi connectivity index (χ0n) is 22.7. The first-order valence-electron chi connectivity index (χ1n) is 13.1. The Morgan fingerprint density at radius 1 is 0.974 bits per heavy atom. The van der Waals surface area contributed by atoms with E-state index < -0.39 is 0 Å². The molecule has 0 saturated carbocycles. The van der Waals surface area contributed by atoms with Crippen molar-refractivity contribution in [1.82, 2.24) is 9.66 Å². The van der Waals surface area contributed by atoms with Crippen molar-refractivity contribution in [2.24, 2.45) is 5.10 Å². The van der Waals surface area contributed by atoms with Crippen LogP contribution in [-0.2, 0) is 0 Å². The van der Waals surface area contributed by atoms with Crippen LogP contribution in [0.25, 0.3) is 22.3 Å². The van der Waals surface area contributed by atoms with Crippen molar-refractivity contribution in [2.75, 3.05) is 32.2 Å². The van der Waals surface area contributed by atoms with Crippen LogP contribution in [0.15, 0.2) is 64.5 Å². The van der Waals surface area contributed by atoms with Crippen LogP contribution in [0.1, 0.15) is 49.3 Å². The Balaban J connectivity index is 1.67. The Morgan fingerprint density at radius 2 is 1.71 bits per heavy atom. The van der Waals surface area contributed by atoms with E-state index in [0.717, 1.165) is 46.8 Å². The molecule has 0 atom stereocenters. The third kappa shape index (κ3) is 4.76. The fourth-order valence-corrected chi connectivity index (χ4v) is 5.07. The van der Waals surface area contributed by atoms with E-state index in [-0.39, 0.29) is 11.5 Å². The van der Waals surface area contributed by atoms with Crippen molar-refractivity contribution in [2.45, 2.75) is 39.5 Å². The molecule has 0 N–H and O–H groups in total. The minimum Gasteiger partial charge on any atom is -0.496 e. The van der Waals surface area contributed by atoms with Crippen LogP contribution in [-0.4, -0.2) is 43.2 Å². The average molecular weight is 511 g/mol. The molecule has 0 unspecified atom stereocenters. The fraction of sp³-hybridized carbons (Fsp3) is 0.323. The minimum absolute atomic E-state index is 0.226. The number of methoxy groups -OCH3 is 2. The van der Waals surface area contributed by atoms with E-state index >= 15 is 0 Å². The molecule has 0 bridgehead atoms. The zero-order chi connectivity index (χ0) is 26.8. The highest BCUT2D eigenvalue weighted by Crippen LogP contribution is 2.34. The van der Waals surface area contributed by atoms with Gasteiger partial charge in [0.05, 0.1) is 31.3 Å². The minimum atomic E-state index is -0.226. The molecule has 7 heteroatoms. The molecule has 38 heavy (non-hydrogen) atoms. The quantitative estimate of drug-likeness (QED) is 0.286. The number of fused-ring (bicyclic) bond motifs is 1. The van der Waals surface area contributed by atoms with Crippen LogP contribution >= 0.6 is 0 Å². The monoisotopic (exact) mass is 510 g/mol. The third-order valence-corrected chi connectivity index (χ3v) is 7.19. The van der Waals surface area contributed by atoms with E-state index in [0.29, 0.717) is 22.5 Å². The predicted molar refractivity (Wildman–Crippen MR) is 154 cm³/mol. The molecule has 5 rings (SSSR count). The first-order valence-corrected chi connectivity index (χ1v) is 13.1. The molecule has 4 aromatic rings. The summed E-state index contributed by atoms with van der Waals surface area (Å²) < 4.78 is 12.7. The van der Waals surface area contributed by atoms with Gasteiger partial charge in [0.2, 0.25) is 0 Å². The molecule has 1 aliphatic rings. The van der Waals surface area contributed by atoms with Crippen LogP contribution in [0.3, 0.4) is 0 Å². The lowest BCUT2D eigenvalue weighted by Gasteiger charge is -2.19. The highest BCUT2D eigenvalue weighted by molar-refractivity contribution is 5.86. The molecule has 3 aromatic carbocycles. The average Bonchev–Trinajstić information content (AvgIpc) is 3.47. The molecule has 1 saturated heterocycles. The molecule has 2 heterocycles. The normalized spacial score (nSPS) is 13.7. The summed E-state index contributed by atoms with van der Waals surface area (Å²) in [5, 5.41) is 5.20. The molecule has 0 spiro atoms. The number of rotatable bonds is 7. The summed E-state index contributed by atoms with van der Waals surface area (Å²) >= 11 is 0. The summed E-state index contributed by atoms with van der Waals surface area (Å²) in [5.41, 5.74) is 5.16. The Bertz CT molecular complexity index is 1570. The van der Waals surface area contributed by atoms with Crippen LogP contribution in [0.5, 0.6) is 11.5 Å². The van der Waals surface area contributed by atoms with Gasteiger partial charge < -0.3 is 14.4 Å². The van der Waals surface area contributed by atoms with Gasteiger partial charge in [0.1, 0.15) is 11.5 Å². The lowest BCUT2D eigenvalue weighted by Crippen LogP contribution is -2.21. The van der Waals surface area contributed by atoms with E-state index in [1.54, 1.807) is 26.5 Å². The number of hydrogen-bond acceptors (Lipinski definition) is 6. The maximum absolute atomic E-state index is 13.7. The molecule has 7 nitrogen and oxygen atoms in total. The molecule has 196 valence electrons. The van der Waals surface area contributed by atoms with Crippen LogP contribution < -0.4 is 19.9 Å². The van der Waals surface area contributed by atoms with Crippen molar-refractivity contribution < 1.29 is 9.47 Å². The summed E-state index contributed by atoms with van der Waals surface area (Å²) in [5.74, 6) is 2.25. The summed E-state index contributed by atoms with van der Waals surface area (Å²) in [6.45, 7) is 8.34. The van der Waals surface area contributed by atoms with Gasteiger partial charge in [0.25, 0.3) is 5.56 Å². The Kier molecular flexibility index (Phi) is 7.18. The summed E-state index contributed by atoms with van der Waals surface area (Å²) in [7, 11) is 3.33. The first-order chi connectivity index (χ1) is 18.4. The van der Waals surface area contributed by atoms with Crippen LogP contribution in [0.2, 0.25) is 0 Å². The Morgan fingerprint density at radius 3 is 2.42 bits per heavy atom. The summed E-state index contributed by atoms with van der Waals surface area (Å²) in [6, 6.07) is 17.5. The van der Waals surface area contributed by atoms with Crippen molar-refractivity contribution in [3.63, 3.8) is 0 Å². The van der Waals surface area contributed by atoms with E-state index in [4.69, 9.17) is 14.5 Å². The summed E-state index contributed by atoms with van der Waals surface area (Å²) in [6.07, 6.45) is 4.08. The van der Waals surface area contributed by atoms with Gasteiger partial charge in [-0.2, -0.15) is 9.78 Å². The number of aryl methyl sites for hydroxylation is 1. The molecule has 1 aliphatic heterocycles. The van der Waals surface area contributed by atoms with Gasteiger partial charge in [-0.3, -0.25) is 4.79 Å². The predicted octanol–water partition coefficient (Wildman–Crippen LogP) is 5.99. The zero-order valence-corrected chi connectivity index (χ0v) is 22.7. The topological polar surface area (TPSA) is 68.9 Å². The van der Waals surface area contributed by atoms with Gasteiger partial charge in [-0.05, 0) is 73.2 Å². The van der Waals surface area contributed by atoms with E-state index in [1.165, 1.54) is 17.5 Å². The smallest absolute Gasteiger partial charge is 0.282 e. The number of anilines is 1. The maximum atomic E-state index is 13.7. The molecule has 0 amide bonds. The highest BCUT2D eigenvalue weighted by atomic mass is 16.5. The van der Waals surface area contributed by atoms with Gasteiger partial charge in [0.15, 0.2) is 5.82 Å². The van der Waals surface area contributed by atoms with E-state index in [2.05, 4.69) is 36.0 Å². The Hall–Kier alpha value is -4.13. The van der Waals surface area contributed by atoms with Crippen LogP contribution in [0, 0.1) is 6.92 Å². The number of hydrogen-bond donors (Lipinski definition) is 0. The van der Waals surface area contributed by atoms with Crippen molar-refractivity contribution >= 4 is 22.8 Å². The SMILES string of the molecule is COc1cc(N2CCCC2)ccc1C=Nn1c(-c2cc(C(C)C)c(OC)cc2C)nc2ccccc2c1=O. The van der Waals surface area contributed by atoms with Gasteiger partial charge in [-0.1, -0.05) is 26.0 Å². The fourth-order valence-electron chi connectivity index (χ4n) is 5.07. The highest BCUT2D eigenvalue weighted by Gasteiger charge is 2.19. The number of ether oxygens (including phenoxy) is 2. The third-order valence-electron chi connectivity index (χ3n) is 7.19. The number of para-hydroxylation sites is 1. The molecule has 0 radical (unpaired) electrons. The second kappa shape index (κ2) is 10.7. The summed E-state index contributed by atoms with van der Waals surface area (Å²) in [4.78, 5) is 21.0. The molecular formula is C31H34N4O3. The number of nitrogens with zero attached hydrogens (tertiary/aromatic N) is 4. The molecule has 1 aromatic heterocycles. The van der Waals surface area contributed by atoms with Gasteiger partial charge in [0, 0.05) is 36.0 Å². The van der Waals surface area contributed by atoms with E-state index in [9.17, 15) is 4.79 Å². The second-order valence-electron chi connectivity index (χ2n) is 10.00. The van der Waals surface area contributed by atoms with Gasteiger partial charge >= 0.3 is 0 Å². The maximum Gasteiger partial charge on any atom is 0.282 e. The lowest BCUT2D eigenvalue weighted by atomic mass is 9.96. The van der Waals surface area contributed by atoms with Crippen molar-refractivity contribution in [3.05, 3.63) is 81.6 Å². The standard InChI is InChI=1S/C31H34N4O3/c1-20(2)25-18-26(21(3)16-29(25)38-5)30-33-27-11-7-6-10-24(27)31(36)35(30)32-19-22-12-13-23(17-28(22)37-4)34-14-8-9-15-34/h6-7,10-13,16-20H,8-9,14-15H2,1-5H3. The van der Waals surface area contributed by atoms with E-state index in [1.807, 2.05) is 43.3 Å².